The minimum Gasteiger partial charge on any atom is -0.495 e. The smallest absolute Gasteiger partial charge is 0.321 e. The molecular weight excluding hydrogens is 252 g/mol. The summed E-state index contributed by atoms with van der Waals surface area (Å²) in [6.45, 7) is 0. The van der Waals surface area contributed by atoms with Gasteiger partial charge in [0.05, 0.1) is 12.7 Å². The lowest BCUT2D eigenvalue weighted by Gasteiger charge is -2.08. The van der Waals surface area contributed by atoms with Gasteiger partial charge in [-0.1, -0.05) is 6.07 Å². The number of benzene rings is 1. The van der Waals surface area contributed by atoms with Crippen LogP contribution in [-0.2, 0) is 10.5 Å². The highest BCUT2D eigenvalue weighted by Crippen LogP contribution is 2.22. The highest BCUT2D eigenvalue weighted by atomic mass is 32.2. The van der Waals surface area contributed by atoms with E-state index in [1.807, 2.05) is 12.1 Å². The van der Waals surface area contributed by atoms with E-state index in [4.69, 9.17) is 20.8 Å². The fourth-order valence-corrected chi connectivity index (χ4v) is 2.22. The second kappa shape index (κ2) is 6.89. The van der Waals surface area contributed by atoms with Gasteiger partial charge >= 0.3 is 5.97 Å². The summed E-state index contributed by atoms with van der Waals surface area (Å²) in [5.41, 5.74) is 6.84. The highest BCUT2D eigenvalue weighted by molar-refractivity contribution is 7.98. The molecule has 0 radical (unpaired) electrons. The van der Waals surface area contributed by atoms with E-state index in [-0.39, 0.29) is 0 Å². The molecule has 6 heteroatoms. The summed E-state index contributed by atoms with van der Waals surface area (Å²) in [6, 6.07) is 6.46. The Bertz CT molecular complexity index is 471. The fourth-order valence-electron chi connectivity index (χ4n) is 1.29. The maximum Gasteiger partial charge on any atom is 0.321 e. The normalized spacial score (nSPS) is 11.6. The third-order valence-corrected chi connectivity index (χ3v) is 3.40. The first-order chi connectivity index (χ1) is 8.58. The van der Waals surface area contributed by atoms with E-state index >= 15 is 0 Å². The molecule has 1 aromatic rings. The van der Waals surface area contributed by atoms with Gasteiger partial charge in [-0.2, -0.15) is 17.0 Å². The standard InChI is InChI=1S/C12H14N2O3S/c1-17-11-4-8(2-3-9(11)5-13)6-18-7-10(14)12(15)16/h2-4,10H,6-7,14H2,1H3,(H,15,16)/t10-/m0/s1. The van der Waals surface area contributed by atoms with Gasteiger partial charge < -0.3 is 15.6 Å². The van der Waals surface area contributed by atoms with Crippen molar-refractivity contribution >= 4 is 17.7 Å². The van der Waals surface area contributed by atoms with Gasteiger partial charge in [0.2, 0.25) is 0 Å². The first kappa shape index (κ1) is 14.4. The molecule has 0 bridgehead atoms. The molecule has 0 saturated carbocycles. The largest absolute Gasteiger partial charge is 0.495 e. The average molecular weight is 266 g/mol. The molecule has 0 unspecified atom stereocenters. The summed E-state index contributed by atoms with van der Waals surface area (Å²) in [5.74, 6) is 0.499. The van der Waals surface area contributed by atoms with Crippen molar-refractivity contribution in [2.75, 3.05) is 12.9 Å². The Morgan fingerprint density at radius 2 is 2.39 bits per heavy atom. The third-order valence-electron chi connectivity index (χ3n) is 2.27. The van der Waals surface area contributed by atoms with Crippen LogP contribution in [0.3, 0.4) is 0 Å². The summed E-state index contributed by atoms with van der Waals surface area (Å²) in [7, 11) is 1.51. The molecule has 1 atom stereocenters. The van der Waals surface area contributed by atoms with Crippen molar-refractivity contribution in [2.24, 2.45) is 5.73 Å². The number of carbonyl (C=O) groups is 1. The molecule has 18 heavy (non-hydrogen) atoms. The fraction of sp³-hybridized carbons (Fsp3) is 0.333. The number of hydrogen-bond donors (Lipinski definition) is 2. The van der Waals surface area contributed by atoms with Gasteiger partial charge in [0.15, 0.2) is 0 Å². The maximum absolute atomic E-state index is 10.5. The lowest BCUT2D eigenvalue weighted by atomic mass is 10.1. The minimum atomic E-state index is -1.00. The maximum atomic E-state index is 10.5. The van der Waals surface area contributed by atoms with Gasteiger partial charge in [-0.3, -0.25) is 4.79 Å². The molecule has 0 heterocycles. The van der Waals surface area contributed by atoms with E-state index in [9.17, 15) is 4.79 Å². The Kier molecular flexibility index (Phi) is 5.49. The van der Waals surface area contributed by atoms with Crippen LogP contribution in [0.15, 0.2) is 18.2 Å². The molecule has 1 aromatic carbocycles. The summed E-state index contributed by atoms with van der Waals surface area (Å²) >= 11 is 1.43. The zero-order chi connectivity index (χ0) is 13.5. The van der Waals surface area contributed by atoms with E-state index < -0.39 is 12.0 Å². The summed E-state index contributed by atoms with van der Waals surface area (Å²) in [6.07, 6.45) is 0. The van der Waals surface area contributed by atoms with Crippen LogP contribution in [0.1, 0.15) is 11.1 Å². The second-order valence-electron chi connectivity index (χ2n) is 3.61. The predicted octanol–water partition coefficient (Wildman–Crippen LogP) is 1.21. The van der Waals surface area contributed by atoms with Gasteiger partial charge in [-0.25, -0.2) is 0 Å². The van der Waals surface area contributed by atoms with Crippen LogP contribution in [0.25, 0.3) is 0 Å². The Morgan fingerprint density at radius 1 is 1.67 bits per heavy atom. The number of nitriles is 1. The summed E-state index contributed by atoms with van der Waals surface area (Å²) in [4.78, 5) is 10.5. The van der Waals surface area contributed by atoms with Crippen molar-refractivity contribution in [1.29, 1.82) is 5.26 Å². The molecule has 3 N–H and O–H groups in total. The van der Waals surface area contributed by atoms with Crippen LogP contribution in [0.5, 0.6) is 5.75 Å². The molecule has 0 fully saturated rings. The molecule has 0 aliphatic carbocycles. The quantitative estimate of drug-likeness (QED) is 0.803. The number of nitrogens with two attached hydrogens (primary N) is 1. The first-order valence-electron chi connectivity index (χ1n) is 5.21. The Hall–Kier alpha value is -1.71. The number of nitrogens with zero attached hydrogens (tertiary/aromatic N) is 1. The molecule has 96 valence electrons. The van der Waals surface area contributed by atoms with E-state index in [1.165, 1.54) is 18.9 Å². The number of carboxylic acids is 1. The number of hydrogen-bond acceptors (Lipinski definition) is 5. The van der Waals surface area contributed by atoms with Crippen molar-refractivity contribution < 1.29 is 14.6 Å². The van der Waals surface area contributed by atoms with E-state index in [0.29, 0.717) is 22.8 Å². The second-order valence-corrected chi connectivity index (χ2v) is 4.64. The molecule has 0 aromatic heterocycles. The van der Waals surface area contributed by atoms with E-state index in [0.717, 1.165) is 5.56 Å². The van der Waals surface area contributed by atoms with E-state index in [1.54, 1.807) is 12.1 Å². The number of methoxy groups -OCH3 is 1. The van der Waals surface area contributed by atoms with Crippen molar-refractivity contribution in [3.05, 3.63) is 29.3 Å². The molecule has 0 aliphatic rings. The average Bonchev–Trinajstić information content (AvgIpc) is 2.38. The number of rotatable bonds is 6. The van der Waals surface area contributed by atoms with Crippen molar-refractivity contribution in [3.63, 3.8) is 0 Å². The molecule has 1 rings (SSSR count). The van der Waals surface area contributed by atoms with Crippen LogP contribution in [0, 0.1) is 11.3 Å². The Labute approximate surface area is 110 Å². The van der Waals surface area contributed by atoms with Gasteiger partial charge in [0.25, 0.3) is 0 Å². The van der Waals surface area contributed by atoms with Crippen molar-refractivity contribution in [2.45, 2.75) is 11.8 Å². The van der Waals surface area contributed by atoms with Crippen LogP contribution in [0.2, 0.25) is 0 Å². The number of thioether (sulfide) groups is 1. The van der Waals surface area contributed by atoms with Gasteiger partial charge in [-0.15, -0.1) is 0 Å². The lowest BCUT2D eigenvalue weighted by molar-refractivity contribution is -0.137. The molecule has 0 saturated heterocycles. The summed E-state index contributed by atoms with van der Waals surface area (Å²) in [5, 5.41) is 17.5. The van der Waals surface area contributed by atoms with E-state index in [2.05, 4.69) is 0 Å². The lowest BCUT2D eigenvalue weighted by Crippen LogP contribution is -2.32. The zero-order valence-electron chi connectivity index (χ0n) is 9.92. The Balaban J connectivity index is 2.59. The van der Waals surface area contributed by atoms with Crippen molar-refractivity contribution in [1.82, 2.24) is 0 Å². The van der Waals surface area contributed by atoms with Crippen molar-refractivity contribution in [3.8, 4) is 11.8 Å². The topological polar surface area (TPSA) is 96.3 Å². The Morgan fingerprint density at radius 3 is 2.94 bits per heavy atom. The molecule has 0 amide bonds. The number of ether oxygens (including phenoxy) is 1. The zero-order valence-corrected chi connectivity index (χ0v) is 10.7. The van der Waals surface area contributed by atoms with Crippen LogP contribution >= 0.6 is 11.8 Å². The monoisotopic (exact) mass is 266 g/mol. The summed E-state index contributed by atoms with van der Waals surface area (Å²) < 4.78 is 5.09. The van der Waals surface area contributed by atoms with Crippen LogP contribution < -0.4 is 10.5 Å². The third kappa shape index (κ3) is 3.95. The number of aliphatic carboxylic acids is 1. The molecular formula is C12H14N2O3S. The van der Waals surface area contributed by atoms with Gasteiger partial charge in [-0.05, 0) is 17.7 Å². The molecule has 0 aliphatic heterocycles. The minimum absolute atomic E-state index is 0.345. The van der Waals surface area contributed by atoms with Gasteiger partial charge in [0, 0.05) is 11.5 Å². The SMILES string of the molecule is COc1cc(CSC[C@H](N)C(=O)O)ccc1C#N. The van der Waals surface area contributed by atoms with Crippen LogP contribution in [-0.4, -0.2) is 30.0 Å². The molecule has 5 nitrogen and oxygen atoms in total. The highest BCUT2D eigenvalue weighted by Gasteiger charge is 2.11. The predicted molar refractivity (Wildman–Crippen MR) is 69.5 cm³/mol. The van der Waals surface area contributed by atoms with Crippen LogP contribution in [0.4, 0.5) is 0 Å². The number of carboxylic acid groups (broad SMARTS) is 1. The first-order valence-corrected chi connectivity index (χ1v) is 6.37. The van der Waals surface area contributed by atoms with Gasteiger partial charge in [0.1, 0.15) is 17.9 Å². The molecule has 0 spiro atoms.